The molecule has 0 spiro atoms. The molecule has 1 N–H and O–H groups in total. The second kappa shape index (κ2) is 7.01. The molecule has 0 unspecified atom stereocenters. The summed E-state index contributed by atoms with van der Waals surface area (Å²) in [4.78, 5) is 26.1. The van der Waals surface area contributed by atoms with Crippen molar-refractivity contribution in [3.05, 3.63) is 12.1 Å². The van der Waals surface area contributed by atoms with Gasteiger partial charge in [0.1, 0.15) is 0 Å². The lowest BCUT2D eigenvalue weighted by Gasteiger charge is -2.32. The Bertz CT molecular complexity index is 481. The summed E-state index contributed by atoms with van der Waals surface area (Å²) in [6.07, 6.45) is 1.34. The maximum absolute atomic E-state index is 11.7. The average Bonchev–Trinajstić information content (AvgIpc) is 2.47. The van der Waals surface area contributed by atoms with Gasteiger partial charge in [0.2, 0.25) is 12.3 Å². The van der Waals surface area contributed by atoms with Crippen LogP contribution in [-0.4, -0.2) is 53.6 Å². The fourth-order valence-corrected chi connectivity index (χ4v) is 2.18. The van der Waals surface area contributed by atoms with Gasteiger partial charge in [-0.25, -0.2) is 0 Å². The minimum Gasteiger partial charge on any atom is -0.352 e. The van der Waals surface area contributed by atoms with Gasteiger partial charge in [-0.15, -0.1) is 10.2 Å². The van der Waals surface area contributed by atoms with Crippen LogP contribution in [0.4, 0.5) is 11.6 Å². The van der Waals surface area contributed by atoms with Crippen molar-refractivity contribution in [2.45, 2.75) is 20.3 Å². The van der Waals surface area contributed by atoms with E-state index in [4.69, 9.17) is 0 Å². The van der Waals surface area contributed by atoms with Crippen molar-refractivity contribution in [3.63, 3.8) is 0 Å². The fraction of sp³-hybridized carbons (Fsp3) is 0.571. The molecule has 0 atom stereocenters. The van der Waals surface area contributed by atoms with Crippen LogP contribution in [0.3, 0.4) is 0 Å². The molecule has 0 radical (unpaired) electrons. The Morgan fingerprint density at radius 2 is 2.00 bits per heavy atom. The van der Waals surface area contributed by atoms with Gasteiger partial charge < -0.3 is 15.1 Å². The molecule has 2 rings (SSSR count). The third-order valence-electron chi connectivity index (χ3n) is 3.30. The number of rotatable bonds is 5. The number of amides is 2. The van der Waals surface area contributed by atoms with Gasteiger partial charge in [0, 0.05) is 32.6 Å². The van der Waals surface area contributed by atoms with Crippen molar-refractivity contribution in [1.29, 1.82) is 0 Å². The third kappa shape index (κ3) is 4.40. The van der Waals surface area contributed by atoms with Gasteiger partial charge in [-0.1, -0.05) is 13.8 Å². The lowest BCUT2D eigenvalue weighted by atomic mass is 10.1. The largest absolute Gasteiger partial charge is 0.352 e. The van der Waals surface area contributed by atoms with Gasteiger partial charge in [0.15, 0.2) is 11.6 Å². The molecule has 1 aromatic rings. The third-order valence-corrected chi connectivity index (χ3v) is 3.30. The molecule has 0 saturated carbocycles. The van der Waals surface area contributed by atoms with E-state index in [2.05, 4.69) is 20.4 Å². The highest BCUT2D eigenvalue weighted by atomic mass is 16.1. The molecule has 1 saturated heterocycles. The summed E-state index contributed by atoms with van der Waals surface area (Å²) in [5, 5.41) is 10.9. The molecule has 7 heteroatoms. The Morgan fingerprint density at radius 3 is 2.52 bits per heavy atom. The van der Waals surface area contributed by atoms with Crippen LogP contribution < -0.4 is 10.2 Å². The molecule has 2 amide bonds. The fourth-order valence-electron chi connectivity index (χ4n) is 2.18. The van der Waals surface area contributed by atoms with E-state index in [1.165, 1.54) is 0 Å². The number of hydrogen-bond donors (Lipinski definition) is 1. The molecule has 1 aliphatic rings. The minimum atomic E-state index is -0.0494. The molecule has 114 valence electrons. The van der Waals surface area contributed by atoms with Gasteiger partial charge in [-0.05, 0) is 18.1 Å². The number of piperazine rings is 1. The topological polar surface area (TPSA) is 78.4 Å². The lowest BCUT2D eigenvalue weighted by Crippen LogP contribution is -2.46. The second-order valence-electron chi connectivity index (χ2n) is 5.55. The zero-order valence-electron chi connectivity index (χ0n) is 12.5. The van der Waals surface area contributed by atoms with Crippen LogP contribution in [0.5, 0.6) is 0 Å². The second-order valence-corrected chi connectivity index (χ2v) is 5.55. The highest BCUT2D eigenvalue weighted by Gasteiger charge is 2.17. The van der Waals surface area contributed by atoms with Gasteiger partial charge >= 0.3 is 0 Å². The maximum atomic E-state index is 11.7. The highest BCUT2D eigenvalue weighted by Crippen LogP contribution is 2.14. The van der Waals surface area contributed by atoms with E-state index in [1.54, 1.807) is 11.0 Å². The van der Waals surface area contributed by atoms with Gasteiger partial charge in [-0.2, -0.15) is 0 Å². The molecule has 1 fully saturated rings. The summed E-state index contributed by atoms with van der Waals surface area (Å²) in [5.74, 6) is 1.50. The van der Waals surface area contributed by atoms with E-state index in [0.717, 1.165) is 25.3 Å². The molecule has 0 aromatic carbocycles. The van der Waals surface area contributed by atoms with Crippen molar-refractivity contribution in [2.75, 3.05) is 36.4 Å². The quantitative estimate of drug-likeness (QED) is 0.810. The molecule has 1 aliphatic heterocycles. The first-order valence-electron chi connectivity index (χ1n) is 7.16. The van der Waals surface area contributed by atoms with Gasteiger partial charge in [0.25, 0.3) is 0 Å². The average molecular weight is 291 g/mol. The van der Waals surface area contributed by atoms with Crippen LogP contribution in [0, 0.1) is 5.92 Å². The Labute approximate surface area is 124 Å². The van der Waals surface area contributed by atoms with Gasteiger partial charge in [0.05, 0.1) is 0 Å². The SMILES string of the molecule is CC(C)CC(=O)Nc1ccc(N2CCN(C=O)CC2)nn1. The van der Waals surface area contributed by atoms with Crippen LogP contribution in [0.1, 0.15) is 20.3 Å². The number of hydrogen-bond acceptors (Lipinski definition) is 5. The normalized spacial score (nSPS) is 15.2. The monoisotopic (exact) mass is 291 g/mol. The smallest absolute Gasteiger partial charge is 0.225 e. The molecule has 1 aromatic heterocycles. The summed E-state index contributed by atoms with van der Waals surface area (Å²) in [5.41, 5.74) is 0. The van der Waals surface area contributed by atoms with E-state index >= 15 is 0 Å². The zero-order valence-corrected chi connectivity index (χ0v) is 12.5. The zero-order chi connectivity index (χ0) is 15.2. The minimum absolute atomic E-state index is 0.0494. The summed E-state index contributed by atoms with van der Waals surface area (Å²) < 4.78 is 0. The first kappa shape index (κ1) is 15.2. The predicted octanol–water partition coefficient (Wildman–Crippen LogP) is 0.740. The number of nitrogens with zero attached hydrogens (tertiary/aromatic N) is 4. The van der Waals surface area contributed by atoms with Crippen LogP contribution >= 0.6 is 0 Å². The summed E-state index contributed by atoms with van der Waals surface area (Å²) >= 11 is 0. The van der Waals surface area contributed by atoms with E-state index in [-0.39, 0.29) is 5.91 Å². The van der Waals surface area contributed by atoms with Crippen molar-refractivity contribution in [3.8, 4) is 0 Å². The lowest BCUT2D eigenvalue weighted by molar-refractivity contribution is -0.118. The van der Waals surface area contributed by atoms with Crippen molar-refractivity contribution in [2.24, 2.45) is 5.92 Å². The standard InChI is InChI=1S/C14H21N5O2/c1-11(2)9-14(21)15-12-3-4-13(17-16-12)19-7-5-18(10-20)6-8-19/h3-4,10-11H,5-9H2,1-2H3,(H,15,16,21). The maximum Gasteiger partial charge on any atom is 0.225 e. The number of carbonyl (C=O) groups excluding carboxylic acids is 2. The molecule has 7 nitrogen and oxygen atoms in total. The Kier molecular flexibility index (Phi) is 5.08. The molecule has 2 heterocycles. The first-order chi connectivity index (χ1) is 10.1. The van der Waals surface area contributed by atoms with Crippen LogP contribution in [-0.2, 0) is 9.59 Å². The van der Waals surface area contributed by atoms with Crippen LogP contribution in [0.2, 0.25) is 0 Å². The molecule has 21 heavy (non-hydrogen) atoms. The van der Waals surface area contributed by atoms with Gasteiger partial charge in [-0.3, -0.25) is 9.59 Å². The molecular formula is C14H21N5O2. The first-order valence-corrected chi connectivity index (χ1v) is 7.16. The Balaban J connectivity index is 1.90. The Hall–Kier alpha value is -2.18. The molecular weight excluding hydrogens is 270 g/mol. The highest BCUT2D eigenvalue weighted by molar-refractivity contribution is 5.89. The number of anilines is 2. The summed E-state index contributed by atoms with van der Waals surface area (Å²) in [6.45, 7) is 6.86. The van der Waals surface area contributed by atoms with Crippen LogP contribution in [0.25, 0.3) is 0 Å². The number of aromatic nitrogens is 2. The molecule has 0 bridgehead atoms. The van der Waals surface area contributed by atoms with Crippen LogP contribution in [0.15, 0.2) is 12.1 Å². The van der Waals surface area contributed by atoms with E-state index in [0.29, 0.717) is 31.2 Å². The predicted molar refractivity (Wildman–Crippen MR) is 80.0 cm³/mol. The number of nitrogens with one attached hydrogen (secondary N) is 1. The van der Waals surface area contributed by atoms with E-state index in [1.807, 2.05) is 19.9 Å². The van der Waals surface area contributed by atoms with Crippen molar-refractivity contribution in [1.82, 2.24) is 15.1 Å². The van der Waals surface area contributed by atoms with E-state index < -0.39 is 0 Å². The van der Waals surface area contributed by atoms with Crippen molar-refractivity contribution < 1.29 is 9.59 Å². The van der Waals surface area contributed by atoms with E-state index in [9.17, 15) is 9.59 Å². The number of carbonyl (C=O) groups is 2. The summed E-state index contributed by atoms with van der Waals surface area (Å²) in [6, 6.07) is 3.60. The Morgan fingerprint density at radius 1 is 1.29 bits per heavy atom. The molecule has 0 aliphatic carbocycles. The summed E-state index contributed by atoms with van der Waals surface area (Å²) in [7, 11) is 0. The van der Waals surface area contributed by atoms with Crippen molar-refractivity contribution >= 4 is 24.0 Å².